The molecule has 0 aromatic carbocycles. The van der Waals surface area contributed by atoms with E-state index in [1.54, 1.807) is 0 Å². The van der Waals surface area contributed by atoms with E-state index in [0.717, 1.165) is 12.8 Å². The molecule has 0 N–H and O–H groups in total. The molecule has 1 rings (SSSR count). The van der Waals surface area contributed by atoms with Crippen molar-refractivity contribution in [1.29, 1.82) is 0 Å². The molecular weight excluding hydrogens is 160 g/mol. The molecule has 1 nitrogen and oxygen atoms in total. The summed E-state index contributed by atoms with van der Waals surface area (Å²) in [7, 11) is 0. The van der Waals surface area contributed by atoms with Gasteiger partial charge in [0.25, 0.3) is 0 Å². The zero-order valence-electron chi connectivity index (χ0n) is 9.61. The van der Waals surface area contributed by atoms with Crippen LogP contribution < -0.4 is 0 Å². The molecule has 1 aliphatic rings. The van der Waals surface area contributed by atoms with Crippen molar-refractivity contribution in [3.05, 3.63) is 0 Å². The van der Waals surface area contributed by atoms with Crippen molar-refractivity contribution in [2.24, 2.45) is 16.7 Å². The first-order valence-electron chi connectivity index (χ1n) is 5.25. The lowest BCUT2D eigenvalue weighted by molar-refractivity contribution is -0.131. The zero-order valence-corrected chi connectivity index (χ0v) is 9.61. The Morgan fingerprint density at radius 2 is 1.85 bits per heavy atom. The molecule has 0 spiro atoms. The van der Waals surface area contributed by atoms with Gasteiger partial charge in [-0.2, -0.15) is 0 Å². The fourth-order valence-electron chi connectivity index (χ4n) is 2.30. The molecule has 1 unspecified atom stereocenters. The van der Waals surface area contributed by atoms with Crippen LogP contribution in [0.5, 0.6) is 0 Å². The third-order valence-electron chi connectivity index (χ3n) is 3.20. The Bertz CT molecular complexity index is 208. The van der Waals surface area contributed by atoms with Crippen LogP contribution in [-0.2, 0) is 4.79 Å². The predicted molar refractivity (Wildman–Crippen MR) is 55.6 cm³/mol. The number of rotatable bonds is 0. The Morgan fingerprint density at radius 3 is 2.23 bits per heavy atom. The maximum absolute atomic E-state index is 11.9. The molecular formula is C12H22O. The summed E-state index contributed by atoms with van der Waals surface area (Å²) in [5.74, 6) is 0.768. The smallest absolute Gasteiger partial charge is 0.137 e. The fourth-order valence-corrected chi connectivity index (χ4v) is 2.30. The largest absolute Gasteiger partial charge is 0.299 e. The molecule has 0 amide bonds. The summed E-state index contributed by atoms with van der Waals surface area (Å²) < 4.78 is 0. The van der Waals surface area contributed by atoms with Crippen LogP contribution in [0.1, 0.15) is 53.9 Å². The summed E-state index contributed by atoms with van der Waals surface area (Å²) in [5.41, 5.74) is 0.409. The lowest BCUT2D eigenvalue weighted by atomic mass is 9.65. The Labute approximate surface area is 81.9 Å². The average molecular weight is 182 g/mol. The second kappa shape index (κ2) is 3.11. The summed E-state index contributed by atoms with van der Waals surface area (Å²) in [6, 6.07) is 0. The van der Waals surface area contributed by atoms with Gasteiger partial charge in [0, 0.05) is 12.3 Å². The first-order valence-corrected chi connectivity index (χ1v) is 5.25. The second-order valence-electron chi connectivity index (χ2n) is 6.26. The molecule has 0 heterocycles. The number of carbonyl (C=O) groups is 1. The minimum absolute atomic E-state index is 0.160. The molecule has 0 bridgehead atoms. The lowest BCUT2D eigenvalue weighted by Crippen LogP contribution is -2.37. The van der Waals surface area contributed by atoms with Crippen molar-refractivity contribution in [3.63, 3.8) is 0 Å². The van der Waals surface area contributed by atoms with Gasteiger partial charge in [-0.15, -0.1) is 0 Å². The van der Waals surface area contributed by atoms with Crippen molar-refractivity contribution in [2.45, 2.75) is 53.9 Å². The molecule has 0 aromatic heterocycles. The van der Waals surface area contributed by atoms with E-state index in [4.69, 9.17) is 0 Å². The molecule has 1 fully saturated rings. The van der Waals surface area contributed by atoms with E-state index < -0.39 is 0 Å². The van der Waals surface area contributed by atoms with Crippen molar-refractivity contribution in [1.82, 2.24) is 0 Å². The maximum Gasteiger partial charge on any atom is 0.137 e. The average Bonchev–Trinajstić information content (AvgIpc) is 1.80. The van der Waals surface area contributed by atoms with Gasteiger partial charge in [-0.05, 0) is 23.7 Å². The SMILES string of the molecule is CC1(C)CCC(C(C)(C)C)C(=O)C1. The summed E-state index contributed by atoms with van der Waals surface area (Å²) in [6.07, 6.45) is 3.05. The first kappa shape index (κ1) is 10.7. The standard InChI is InChI=1S/C12H22O/c1-11(2,3)9-6-7-12(4,5)8-10(9)13/h9H,6-8H2,1-5H3. The summed E-state index contributed by atoms with van der Waals surface area (Å²) in [4.78, 5) is 11.9. The molecule has 1 aliphatic carbocycles. The van der Waals surface area contributed by atoms with Crippen LogP contribution in [0, 0.1) is 16.7 Å². The molecule has 1 atom stereocenters. The number of hydrogen-bond donors (Lipinski definition) is 0. The van der Waals surface area contributed by atoms with E-state index in [1.807, 2.05) is 0 Å². The zero-order chi connectivity index (χ0) is 10.3. The predicted octanol–water partition coefficient (Wildman–Crippen LogP) is 3.43. The van der Waals surface area contributed by atoms with Gasteiger partial charge in [-0.3, -0.25) is 4.79 Å². The molecule has 0 radical (unpaired) electrons. The van der Waals surface area contributed by atoms with Crippen molar-refractivity contribution < 1.29 is 4.79 Å². The van der Waals surface area contributed by atoms with Crippen LogP contribution in [0.3, 0.4) is 0 Å². The maximum atomic E-state index is 11.9. The minimum Gasteiger partial charge on any atom is -0.299 e. The molecule has 1 saturated carbocycles. The normalized spacial score (nSPS) is 29.0. The Morgan fingerprint density at radius 1 is 1.31 bits per heavy atom. The van der Waals surface area contributed by atoms with Gasteiger partial charge >= 0.3 is 0 Å². The van der Waals surface area contributed by atoms with Crippen LogP contribution in [0.15, 0.2) is 0 Å². The summed E-state index contributed by atoms with van der Waals surface area (Å²) >= 11 is 0. The highest BCUT2D eigenvalue weighted by Gasteiger charge is 2.38. The van der Waals surface area contributed by atoms with Gasteiger partial charge in [0.05, 0.1) is 0 Å². The van der Waals surface area contributed by atoms with Crippen molar-refractivity contribution in [2.75, 3.05) is 0 Å². The Kier molecular flexibility index (Phi) is 2.57. The first-order chi connectivity index (χ1) is 5.72. The highest BCUT2D eigenvalue weighted by molar-refractivity contribution is 5.83. The number of carbonyl (C=O) groups excluding carboxylic acids is 1. The van der Waals surface area contributed by atoms with Crippen molar-refractivity contribution in [3.8, 4) is 0 Å². The molecule has 13 heavy (non-hydrogen) atoms. The molecule has 76 valence electrons. The van der Waals surface area contributed by atoms with Crippen LogP contribution >= 0.6 is 0 Å². The van der Waals surface area contributed by atoms with Crippen molar-refractivity contribution >= 4 is 5.78 Å². The highest BCUT2D eigenvalue weighted by atomic mass is 16.1. The van der Waals surface area contributed by atoms with E-state index in [2.05, 4.69) is 34.6 Å². The minimum atomic E-state index is 0.160. The van der Waals surface area contributed by atoms with Gasteiger partial charge in [0.15, 0.2) is 0 Å². The quantitative estimate of drug-likeness (QED) is 0.561. The van der Waals surface area contributed by atoms with Gasteiger partial charge in [0.1, 0.15) is 5.78 Å². The molecule has 0 aromatic rings. The monoisotopic (exact) mass is 182 g/mol. The van der Waals surface area contributed by atoms with Crippen LogP contribution in [-0.4, -0.2) is 5.78 Å². The van der Waals surface area contributed by atoms with Gasteiger partial charge in [-0.1, -0.05) is 34.6 Å². The topological polar surface area (TPSA) is 17.1 Å². The number of ketones is 1. The Hall–Kier alpha value is -0.330. The van der Waals surface area contributed by atoms with Crippen LogP contribution in [0.25, 0.3) is 0 Å². The van der Waals surface area contributed by atoms with Crippen LogP contribution in [0.2, 0.25) is 0 Å². The van der Waals surface area contributed by atoms with E-state index in [-0.39, 0.29) is 10.8 Å². The van der Waals surface area contributed by atoms with Crippen LogP contribution in [0.4, 0.5) is 0 Å². The third-order valence-corrected chi connectivity index (χ3v) is 3.20. The third kappa shape index (κ3) is 2.55. The Balaban J connectivity index is 2.70. The molecule has 0 saturated heterocycles. The molecule has 0 aliphatic heterocycles. The van der Waals surface area contributed by atoms with E-state index in [0.29, 0.717) is 11.7 Å². The van der Waals surface area contributed by atoms with Gasteiger partial charge in [-0.25, -0.2) is 0 Å². The van der Waals surface area contributed by atoms with E-state index in [9.17, 15) is 4.79 Å². The molecule has 1 heteroatoms. The second-order valence-corrected chi connectivity index (χ2v) is 6.26. The highest BCUT2D eigenvalue weighted by Crippen LogP contribution is 2.42. The van der Waals surface area contributed by atoms with E-state index >= 15 is 0 Å². The number of Topliss-reactive ketones (excluding diaryl/α,β-unsaturated/α-hetero) is 1. The van der Waals surface area contributed by atoms with Gasteiger partial charge < -0.3 is 0 Å². The van der Waals surface area contributed by atoms with E-state index in [1.165, 1.54) is 6.42 Å². The van der Waals surface area contributed by atoms with Gasteiger partial charge in [0.2, 0.25) is 0 Å². The fraction of sp³-hybridized carbons (Fsp3) is 0.917. The lowest BCUT2D eigenvalue weighted by Gasteiger charge is -2.39. The number of hydrogen-bond acceptors (Lipinski definition) is 1. The summed E-state index contributed by atoms with van der Waals surface area (Å²) in [6.45, 7) is 10.9. The summed E-state index contributed by atoms with van der Waals surface area (Å²) in [5, 5.41) is 0.